The summed E-state index contributed by atoms with van der Waals surface area (Å²) in [5, 5.41) is 10.9. The minimum atomic E-state index is -0.534. The molecule has 0 spiro atoms. The number of hydrogen-bond donors (Lipinski definition) is 0. The van der Waals surface area contributed by atoms with Gasteiger partial charge in [-0.05, 0) is 53.9 Å². The maximum atomic E-state index is 12.3. The van der Waals surface area contributed by atoms with Gasteiger partial charge in [0, 0.05) is 22.4 Å². The Labute approximate surface area is 127 Å². The van der Waals surface area contributed by atoms with Crippen molar-refractivity contribution in [1.82, 2.24) is 4.90 Å². The zero-order valence-corrected chi connectivity index (χ0v) is 14.1. The molecule has 0 N–H and O–H groups in total. The third-order valence-electron chi connectivity index (χ3n) is 4.23. The Kier molecular flexibility index (Phi) is 4.90. The quantitative estimate of drug-likeness (QED) is 0.591. The minimum Gasteiger partial charge on any atom is -0.444 e. The number of carbonyl (C=O) groups is 1. The van der Waals surface area contributed by atoms with Crippen LogP contribution in [0.5, 0.6) is 0 Å². The van der Waals surface area contributed by atoms with Crippen molar-refractivity contribution in [3.05, 3.63) is 10.1 Å². The van der Waals surface area contributed by atoms with E-state index in [2.05, 4.69) is 0 Å². The highest BCUT2D eigenvalue weighted by Crippen LogP contribution is 2.43. The van der Waals surface area contributed by atoms with Crippen LogP contribution < -0.4 is 0 Å². The number of likely N-dealkylation sites (tertiary alicyclic amines) is 1. The standard InChI is InChI=1S/C15H28N2O4/c1-7-15(11-17(19)20)8-9-16(14(5,6)10-15)12(18)21-13(2,3)4/h7-11H2,1-6H3. The van der Waals surface area contributed by atoms with E-state index in [9.17, 15) is 14.9 Å². The lowest BCUT2D eigenvalue weighted by Gasteiger charge is -2.49. The van der Waals surface area contributed by atoms with E-state index in [4.69, 9.17) is 4.74 Å². The second-order valence-electron chi connectivity index (χ2n) is 7.72. The fraction of sp³-hybridized carbons (Fsp3) is 0.933. The van der Waals surface area contributed by atoms with Crippen LogP contribution >= 0.6 is 0 Å². The SMILES string of the molecule is CCC1(C[N+](=O)[O-])CCN(C(=O)OC(C)(C)C)C(C)(C)C1. The smallest absolute Gasteiger partial charge is 0.410 e. The van der Waals surface area contributed by atoms with Gasteiger partial charge in [0.05, 0.1) is 0 Å². The number of nitrogens with zero attached hydrogens (tertiary/aromatic N) is 2. The number of hydrogen-bond acceptors (Lipinski definition) is 4. The molecule has 1 heterocycles. The molecule has 1 rings (SSSR count). The van der Waals surface area contributed by atoms with Gasteiger partial charge in [0.25, 0.3) is 0 Å². The lowest BCUT2D eigenvalue weighted by molar-refractivity contribution is -0.500. The lowest BCUT2D eigenvalue weighted by atomic mass is 9.69. The van der Waals surface area contributed by atoms with E-state index in [0.29, 0.717) is 19.4 Å². The molecular weight excluding hydrogens is 272 g/mol. The predicted molar refractivity (Wildman–Crippen MR) is 80.8 cm³/mol. The molecular formula is C15H28N2O4. The highest BCUT2D eigenvalue weighted by molar-refractivity contribution is 5.69. The largest absolute Gasteiger partial charge is 0.444 e. The Hall–Kier alpha value is -1.33. The van der Waals surface area contributed by atoms with E-state index < -0.39 is 11.1 Å². The first kappa shape index (κ1) is 17.7. The van der Waals surface area contributed by atoms with Crippen molar-refractivity contribution in [3.8, 4) is 0 Å². The van der Waals surface area contributed by atoms with Crippen LogP contribution in [0.3, 0.4) is 0 Å². The van der Waals surface area contributed by atoms with Crippen molar-refractivity contribution in [3.63, 3.8) is 0 Å². The molecule has 1 saturated heterocycles. The van der Waals surface area contributed by atoms with Gasteiger partial charge < -0.3 is 9.64 Å². The number of ether oxygens (including phenoxy) is 1. The molecule has 0 aliphatic carbocycles. The van der Waals surface area contributed by atoms with E-state index in [1.165, 1.54) is 0 Å². The molecule has 1 aliphatic rings. The summed E-state index contributed by atoms with van der Waals surface area (Å²) in [6.07, 6.45) is 1.68. The summed E-state index contributed by atoms with van der Waals surface area (Å²) in [7, 11) is 0. The van der Waals surface area contributed by atoms with Gasteiger partial charge in [0.2, 0.25) is 6.54 Å². The summed E-state index contributed by atoms with van der Waals surface area (Å²) in [6.45, 7) is 11.9. The highest BCUT2D eigenvalue weighted by Gasteiger charge is 2.48. The number of amides is 1. The average molecular weight is 300 g/mol. The van der Waals surface area contributed by atoms with Crippen LogP contribution in [0.25, 0.3) is 0 Å². The van der Waals surface area contributed by atoms with E-state index in [-0.39, 0.29) is 23.0 Å². The Balaban J connectivity index is 2.88. The van der Waals surface area contributed by atoms with Gasteiger partial charge in [0.1, 0.15) is 5.60 Å². The van der Waals surface area contributed by atoms with Crippen molar-refractivity contribution in [2.75, 3.05) is 13.1 Å². The molecule has 1 aliphatic heterocycles. The molecule has 1 amide bonds. The van der Waals surface area contributed by atoms with Crippen molar-refractivity contribution in [1.29, 1.82) is 0 Å². The Morgan fingerprint density at radius 2 is 1.95 bits per heavy atom. The second kappa shape index (κ2) is 5.81. The molecule has 0 aromatic rings. The summed E-state index contributed by atoms with van der Waals surface area (Å²) >= 11 is 0. The number of rotatable bonds is 3. The lowest BCUT2D eigenvalue weighted by Crippen LogP contribution is -2.58. The average Bonchev–Trinajstić information content (AvgIpc) is 2.23. The van der Waals surface area contributed by atoms with Crippen molar-refractivity contribution >= 4 is 6.09 Å². The van der Waals surface area contributed by atoms with E-state index in [1.54, 1.807) is 4.90 Å². The Bertz CT molecular complexity index is 414. The fourth-order valence-electron chi connectivity index (χ4n) is 3.23. The molecule has 1 atom stereocenters. The summed E-state index contributed by atoms with van der Waals surface area (Å²) in [5.41, 5.74) is -1.30. The molecule has 6 nitrogen and oxygen atoms in total. The van der Waals surface area contributed by atoms with Crippen LogP contribution in [-0.4, -0.2) is 40.1 Å². The molecule has 0 saturated carbocycles. The van der Waals surface area contributed by atoms with Crippen molar-refractivity contribution < 1.29 is 14.5 Å². The maximum Gasteiger partial charge on any atom is 0.410 e. The van der Waals surface area contributed by atoms with Crippen LogP contribution in [0.4, 0.5) is 4.79 Å². The number of piperidine rings is 1. The topological polar surface area (TPSA) is 72.7 Å². The van der Waals surface area contributed by atoms with Crippen molar-refractivity contribution in [2.45, 2.75) is 71.9 Å². The van der Waals surface area contributed by atoms with E-state index >= 15 is 0 Å². The summed E-state index contributed by atoms with van der Waals surface area (Å²) in [6, 6.07) is 0. The molecule has 0 aromatic heterocycles. The van der Waals surface area contributed by atoms with Crippen LogP contribution in [0.15, 0.2) is 0 Å². The van der Waals surface area contributed by atoms with Crippen molar-refractivity contribution in [2.24, 2.45) is 5.41 Å². The molecule has 0 bridgehead atoms. The van der Waals surface area contributed by atoms with Gasteiger partial charge >= 0.3 is 6.09 Å². The summed E-state index contributed by atoms with van der Waals surface area (Å²) in [5.74, 6) is 0. The summed E-state index contributed by atoms with van der Waals surface area (Å²) in [4.78, 5) is 24.7. The molecule has 1 fully saturated rings. The van der Waals surface area contributed by atoms with Crippen LogP contribution in [0, 0.1) is 15.5 Å². The monoisotopic (exact) mass is 300 g/mol. The van der Waals surface area contributed by atoms with Crippen LogP contribution in [-0.2, 0) is 4.74 Å². The van der Waals surface area contributed by atoms with Gasteiger partial charge in [0.15, 0.2) is 0 Å². The van der Waals surface area contributed by atoms with Gasteiger partial charge in [-0.15, -0.1) is 0 Å². The van der Waals surface area contributed by atoms with E-state index in [1.807, 2.05) is 41.5 Å². The third-order valence-corrected chi connectivity index (χ3v) is 4.23. The minimum absolute atomic E-state index is 0.0327. The van der Waals surface area contributed by atoms with Gasteiger partial charge in [-0.1, -0.05) is 6.92 Å². The first-order chi connectivity index (χ1) is 9.41. The molecule has 0 radical (unpaired) electrons. The van der Waals surface area contributed by atoms with Gasteiger partial charge in [-0.25, -0.2) is 4.79 Å². The molecule has 21 heavy (non-hydrogen) atoms. The second-order valence-corrected chi connectivity index (χ2v) is 7.72. The Morgan fingerprint density at radius 3 is 2.33 bits per heavy atom. The number of nitro groups is 1. The molecule has 6 heteroatoms. The zero-order chi connectivity index (χ0) is 16.5. The first-order valence-electron chi connectivity index (χ1n) is 7.53. The predicted octanol–water partition coefficient (Wildman–Crippen LogP) is 3.47. The highest BCUT2D eigenvalue weighted by atomic mass is 16.6. The fourth-order valence-corrected chi connectivity index (χ4v) is 3.23. The van der Waals surface area contributed by atoms with Gasteiger partial charge in [-0.3, -0.25) is 10.1 Å². The maximum absolute atomic E-state index is 12.3. The van der Waals surface area contributed by atoms with E-state index in [0.717, 1.165) is 6.42 Å². The molecule has 0 aromatic carbocycles. The first-order valence-corrected chi connectivity index (χ1v) is 7.53. The Morgan fingerprint density at radius 1 is 1.38 bits per heavy atom. The van der Waals surface area contributed by atoms with Crippen LogP contribution in [0.1, 0.15) is 60.8 Å². The van der Waals surface area contributed by atoms with Crippen LogP contribution in [0.2, 0.25) is 0 Å². The van der Waals surface area contributed by atoms with Gasteiger partial charge in [-0.2, -0.15) is 0 Å². The third kappa shape index (κ3) is 4.58. The number of carbonyl (C=O) groups excluding carboxylic acids is 1. The molecule has 1 unspecified atom stereocenters. The normalized spacial score (nSPS) is 25.5. The molecule has 122 valence electrons. The zero-order valence-electron chi connectivity index (χ0n) is 14.1. The summed E-state index contributed by atoms with van der Waals surface area (Å²) < 4.78 is 5.45.